The Kier molecular flexibility index (Phi) is 4.97. The summed E-state index contributed by atoms with van der Waals surface area (Å²) < 4.78 is 1.88. The summed E-state index contributed by atoms with van der Waals surface area (Å²) in [5, 5.41) is 6.23. The molecule has 0 aliphatic rings. The summed E-state index contributed by atoms with van der Waals surface area (Å²) in [4.78, 5) is 0. The van der Waals surface area contributed by atoms with E-state index in [1.165, 1.54) is 0 Å². The summed E-state index contributed by atoms with van der Waals surface area (Å²) in [5.41, 5.74) is 8.86. The number of nitrogens with two attached hydrogens (primary N) is 1. The van der Waals surface area contributed by atoms with Gasteiger partial charge in [-0.15, -0.1) is 0 Å². The van der Waals surface area contributed by atoms with Crippen LogP contribution in [0.15, 0.2) is 18.2 Å². The van der Waals surface area contributed by atoms with E-state index in [1.54, 1.807) is 12.1 Å². The van der Waals surface area contributed by atoms with E-state index >= 15 is 0 Å². The van der Waals surface area contributed by atoms with Crippen molar-refractivity contribution in [1.29, 1.82) is 0 Å². The summed E-state index contributed by atoms with van der Waals surface area (Å²) in [6.45, 7) is 4.66. The van der Waals surface area contributed by atoms with Crippen LogP contribution in [0.1, 0.15) is 29.9 Å². The van der Waals surface area contributed by atoms with E-state index in [-0.39, 0.29) is 6.04 Å². The van der Waals surface area contributed by atoms with Crippen molar-refractivity contribution in [3.8, 4) is 0 Å². The largest absolute Gasteiger partial charge is 0.324 e. The Balaban J connectivity index is 2.30. The molecule has 0 radical (unpaired) electrons. The van der Waals surface area contributed by atoms with Crippen LogP contribution < -0.4 is 5.73 Å². The van der Waals surface area contributed by atoms with Crippen LogP contribution in [0.2, 0.25) is 15.1 Å². The Labute approximate surface area is 133 Å². The number of benzene rings is 1. The van der Waals surface area contributed by atoms with Crippen LogP contribution in [0.4, 0.5) is 0 Å². The summed E-state index contributed by atoms with van der Waals surface area (Å²) >= 11 is 18.4. The maximum absolute atomic E-state index is 6.30. The Hall–Kier alpha value is -0.740. The zero-order valence-electron chi connectivity index (χ0n) is 11.3. The third-order valence-electron chi connectivity index (χ3n) is 3.23. The highest BCUT2D eigenvalue weighted by molar-refractivity contribution is 6.35. The van der Waals surface area contributed by atoms with E-state index in [0.29, 0.717) is 21.5 Å². The van der Waals surface area contributed by atoms with Crippen molar-refractivity contribution < 1.29 is 0 Å². The SMILES string of the molecule is CCn1nc(C)c(Cl)c1CC(N)c1ccc(Cl)cc1Cl. The van der Waals surface area contributed by atoms with Crippen LogP contribution in [0, 0.1) is 6.92 Å². The molecule has 2 rings (SSSR count). The van der Waals surface area contributed by atoms with E-state index in [4.69, 9.17) is 40.5 Å². The Morgan fingerprint density at radius 3 is 2.60 bits per heavy atom. The predicted molar refractivity (Wildman–Crippen MR) is 84.7 cm³/mol. The van der Waals surface area contributed by atoms with Gasteiger partial charge < -0.3 is 5.73 Å². The molecule has 0 saturated heterocycles. The molecule has 0 amide bonds. The smallest absolute Gasteiger partial charge is 0.0847 e. The zero-order valence-corrected chi connectivity index (χ0v) is 13.6. The molecule has 1 heterocycles. The van der Waals surface area contributed by atoms with Crippen molar-refractivity contribution in [2.75, 3.05) is 0 Å². The second-order valence-corrected chi connectivity index (χ2v) is 5.86. The first-order chi connectivity index (χ1) is 9.43. The van der Waals surface area contributed by atoms with Crippen LogP contribution >= 0.6 is 34.8 Å². The highest BCUT2D eigenvalue weighted by Crippen LogP contribution is 2.29. The van der Waals surface area contributed by atoms with Gasteiger partial charge in [0.05, 0.1) is 16.4 Å². The van der Waals surface area contributed by atoms with E-state index < -0.39 is 0 Å². The maximum Gasteiger partial charge on any atom is 0.0847 e. The lowest BCUT2D eigenvalue weighted by Gasteiger charge is -2.15. The number of nitrogens with zero attached hydrogens (tertiary/aromatic N) is 2. The fourth-order valence-electron chi connectivity index (χ4n) is 2.18. The van der Waals surface area contributed by atoms with Crippen molar-refractivity contribution in [1.82, 2.24) is 9.78 Å². The number of rotatable bonds is 4. The average Bonchev–Trinajstić information content (AvgIpc) is 2.66. The van der Waals surface area contributed by atoms with Gasteiger partial charge in [-0.05, 0) is 31.5 Å². The Morgan fingerprint density at radius 2 is 2.00 bits per heavy atom. The van der Waals surface area contributed by atoms with Gasteiger partial charge in [-0.25, -0.2) is 0 Å². The molecular formula is C14H16Cl3N3. The standard InChI is InChI=1S/C14H16Cl3N3/c1-3-20-13(14(17)8(2)19-20)7-12(18)10-5-4-9(15)6-11(10)16/h4-6,12H,3,7,18H2,1-2H3. The number of hydrogen-bond donors (Lipinski definition) is 1. The number of aromatic nitrogens is 2. The minimum Gasteiger partial charge on any atom is -0.324 e. The molecule has 2 aromatic rings. The quantitative estimate of drug-likeness (QED) is 0.901. The van der Waals surface area contributed by atoms with Crippen LogP contribution in [-0.2, 0) is 13.0 Å². The maximum atomic E-state index is 6.30. The van der Waals surface area contributed by atoms with Crippen molar-refractivity contribution in [2.24, 2.45) is 5.73 Å². The van der Waals surface area contributed by atoms with Crippen molar-refractivity contribution >= 4 is 34.8 Å². The minimum atomic E-state index is -0.251. The summed E-state index contributed by atoms with van der Waals surface area (Å²) in [6.07, 6.45) is 0.578. The molecule has 1 unspecified atom stereocenters. The van der Waals surface area contributed by atoms with Crippen LogP contribution in [0.25, 0.3) is 0 Å². The lowest BCUT2D eigenvalue weighted by Crippen LogP contribution is -2.16. The van der Waals surface area contributed by atoms with E-state index in [1.807, 2.05) is 24.6 Å². The van der Waals surface area contributed by atoms with E-state index in [0.717, 1.165) is 23.5 Å². The second kappa shape index (κ2) is 6.35. The molecule has 20 heavy (non-hydrogen) atoms. The molecule has 0 aliphatic carbocycles. The molecule has 108 valence electrons. The monoisotopic (exact) mass is 331 g/mol. The fourth-order valence-corrected chi connectivity index (χ4v) is 2.95. The first kappa shape index (κ1) is 15.6. The molecule has 0 aliphatic heterocycles. The topological polar surface area (TPSA) is 43.8 Å². The molecule has 0 saturated carbocycles. The second-order valence-electron chi connectivity index (χ2n) is 4.64. The number of halogens is 3. The van der Waals surface area contributed by atoms with Crippen LogP contribution in [0.5, 0.6) is 0 Å². The molecule has 3 nitrogen and oxygen atoms in total. The molecular weight excluding hydrogens is 317 g/mol. The van der Waals surface area contributed by atoms with Gasteiger partial charge in [-0.1, -0.05) is 40.9 Å². The van der Waals surface area contributed by atoms with Gasteiger partial charge in [0.1, 0.15) is 0 Å². The minimum absolute atomic E-state index is 0.251. The lowest BCUT2D eigenvalue weighted by atomic mass is 10.0. The molecule has 1 aromatic carbocycles. The molecule has 0 fully saturated rings. The first-order valence-corrected chi connectivity index (χ1v) is 7.49. The van der Waals surface area contributed by atoms with Gasteiger partial charge >= 0.3 is 0 Å². The van der Waals surface area contributed by atoms with Gasteiger partial charge in [-0.3, -0.25) is 4.68 Å². The van der Waals surface area contributed by atoms with E-state index in [2.05, 4.69) is 5.10 Å². The molecule has 2 N–H and O–H groups in total. The summed E-state index contributed by atoms with van der Waals surface area (Å²) in [7, 11) is 0. The predicted octanol–water partition coefficient (Wildman–Crippen LogP) is 4.41. The summed E-state index contributed by atoms with van der Waals surface area (Å²) in [5.74, 6) is 0. The van der Waals surface area contributed by atoms with E-state index in [9.17, 15) is 0 Å². The van der Waals surface area contributed by atoms with Crippen LogP contribution in [-0.4, -0.2) is 9.78 Å². The van der Waals surface area contributed by atoms with Gasteiger partial charge in [0.15, 0.2) is 0 Å². The van der Waals surface area contributed by atoms with Gasteiger partial charge in [0.2, 0.25) is 0 Å². The van der Waals surface area contributed by atoms with Crippen molar-refractivity contribution in [2.45, 2.75) is 32.9 Å². The van der Waals surface area contributed by atoms with Crippen molar-refractivity contribution in [3.05, 3.63) is 50.2 Å². The fraction of sp³-hybridized carbons (Fsp3) is 0.357. The summed E-state index contributed by atoms with van der Waals surface area (Å²) in [6, 6.07) is 5.08. The molecule has 0 spiro atoms. The first-order valence-electron chi connectivity index (χ1n) is 6.36. The molecule has 0 bridgehead atoms. The lowest BCUT2D eigenvalue weighted by molar-refractivity contribution is 0.587. The van der Waals surface area contributed by atoms with Gasteiger partial charge in [0.25, 0.3) is 0 Å². The number of aryl methyl sites for hydroxylation is 2. The van der Waals surface area contributed by atoms with Gasteiger partial charge in [-0.2, -0.15) is 5.10 Å². The van der Waals surface area contributed by atoms with Crippen molar-refractivity contribution in [3.63, 3.8) is 0 Å². The number of hydrogen-bond acceptors (Lipinski definition) is 2. The zero-order chi connectivity index (χ0) is 14.9. The van der Waals surface area contributed by atoms with Gasteiger partial charge in [0, 0.05) is 29.1 Å². The molecule has 1 atom stereocenters. The van der Waals surface area contributed by atoms with Crippen LogP contribution in [0.3, 0.4) is 0 Å². The molecule has 1 aromatic heterocycles. The highest BCUT2D eigenvalue weighted by Gasteiger charge is 2.18. The molecule has 6 heteroatoms. The highest BCUT2D eigenvalue weighted by atomic mass is 35.5. The Bertz CT molecular complexity index is 622. The Morgan fingerprint density at radius 1 is 1.30 bits per heavy atom. The average molecular weight is 333 g/mol. The third-order valence-corrected chi connectivity index (χ3v) is 4.28. The third kappa shape index (κ3) is 3.12. The normalized spacial score (nSPS) is 12.7.